The molecule has 3 aromatic rings. The summed E-state index contributed by atoms with van der Waals surface area (Å²) in [6.45, 7) is 1.63. The van der Waals surface area contributed by atoms with Crippen LogP contribution in [-0.2, 0) is 21.4 Å². The number of amides is 1. The Morgan fingerprint density at radius 1 is 1.15 bits per heavy atom. The van der Waals surface area contributed by atoms with Crippen molar-refractivity contribution < 1.29 is 17.6 Å². The smallest absolute Gasteiger partial charge is 0.263 e. The van der Waals surface area contributed by atoms with E-state index in [9.17, 15) is 18.0 Å². The molecule has 2 aromatic heterocycles. The van der Waals surface area contributed by atoms with E-state index in [4.69, 9.17) is 4.42 Å². The largest absolute Gasteiger partial charge is 0.467 e. The van der Waals surface area contributed by atoms with Crippen LogP contribution in [0, 0.1) is 6.92 Å². The predicted octanol–water partition coefficient (Wildman–Crippen LogP) is 2.38. The minimum Gasteiger partial charge on any atom is -0.467 e. The average Bonchev–Trinajstić information content (AvgIpc) is 3.45. The van der Waals surface area contributed by atoms with Crippen LogP contribution < -0.4 is 5.56 Å². The van der Waals surface area contributed by atoms with Gasteiger partial charge in [0.15, 0.2) is 0 Å². The maximum Gasteiger partial charge on any atom is 0.263 e. The van der Waals surface area contributed by atoms with Crippen molar-refractivity contribution in [2.24, 2.45) is 5.10 Å². The summed E-state index contributed by atoms with van der Waals surface area (Å²) in [7, 11) is -0.963. The van der Waals surface area contributed by atoms with Gasteiger partial charge in [-0.2, -0.15) is 5.10 Å². The fraction of sp³-hybridized carbons (Fsp3) is 0.261. The van der Waals surface area contributed by atoms with Crippen LogP contribution in [0.1, 0.15) is 29.3 Å². The molecular weight excluding hydrogens is 444 g/mol. The van der Waals surface area contributed by atoms with Crippen molar-refractivity contribution in [3.05, 3.63) is 88.2 Å². The number of hydrogen-bond donors (Lipinski definition) is 0. The molecule has 0 bridgehead atoms. The molecule has 9 nitrogen and oxygen atoms in total. The summed E-state index contributed by atoms with van der Waals surface area (Å²) in [6.07, 6.45) is 3.16. The van der Waals surface area contributed by atoms with Gasteiger partial charge in [0.25, 0.3) is 11.5 Å². The van der Waals surface area contributed by atoms with Gasteiger partial charge in [0, 0.05) is 32.8 Å². The van der Waals surface area contributed by atoms with Gasteiger partial charge in [-0.05, 0) is 30.7 Å². The van der Waals surface area contributed by atoms with Gasteiger partial charge in [-0.3, -0.25) is 9.59 Å². The van der Waals surface area contributed by atoms with Crippen LogP contribution in [0.15, 0.2) is 80.2 Å². The number of aryl methyl sites for hydroxylation is 1. The average molecular weight is 469 g/mol. The second-order valence-electron chi connectivity index (χ2n) is 8.00. The molecule has 0 unspecified atom stereocenters. The van der Waals surface area contributed by atoms with Crippen molar-refractivity contribution in [1.29, 1.82) is 0 Å². The van der Waals surface area contributed by atoms with E-state index >= 15 is 0 Å². The van der Waals surface area contributed by atoms with E-state index in [0.717, 1.165) is 31.8 Å². The molecule has 1 aliphatic rings. The molecule has 1 atom stereocenters. The minimum atomic E-state index is -3.76. The van der Waals surface area contributed by atoms with Crippen molar-refractivity contribution in [1.82, 2.24) is 13.9 Å². The maximum absolute atomic E-state index is 13.3. The summed E-state index contributed by atoms with van der Waals surface area (Å²) in [5, 5.41) is 5.86. The fourth-order valence-electron chi connectivity index (χ4n) is 3.58. The molecule has 4 rings (SSSR count). The fourth-order valence-corrected chi connectivity index (χ4v) is 4.50. The summed E-state index contributed by atoms with van der Waals surface area (Å²) < 4.78 is 32.6. The zero-order valence-electron chi connectivity index (χ0n) is 18.5. The third kappa shape index (κ3) is 4.53. The van der Waals surface area contributed by atoms with E-state index in [1.807, 2.05) is 31.2 Å². The first-order valence-electron chi connectivity index (χ1n) is 10.3. The number of pyridine rings is 1. The summed E-state index contributed by atoms with van der Waals surface area (Å²) >= 11 is 0. The number of furan rings is 1. The summed E-state index contributed by atoms with van der Waals surface area (Å²) in [5.41, 5.74) is 2.24. The number of carbonyl (C=O) groups is 1. The molecule has 1 amide bonds. The second-order valence-corrected chi connectivity index (χ2v) is 10.2. The molecule has 0 spiro atoms. The number of benzene rings is 1. The van der Waals surface area contributed by atoms with Crippen LogP contribution in [-0.4, -0.2) is 48.0 Å². The molecule has 1 aliphatic heterocycles. The lowest BCUT2D eigenvalue weighted by molar-refractivity contribution is -0.134. The third-order valence-electron chi connectivity index (χ3n) is 5.46. The van der Waals surface area contributed by atoms with Gasteiger partial charge in [-0.1, -0.05) is 29.8 Å². The predicted molar refractivity (Wildman–Crippen MR) is 122 cm³/mol. The molecule has 0 radical (unpaired) electrons. The van der Waals surface area contributed by atoms with E-state index in [2.05, 4.69) is 5.10 Å². The lowest BCUT2D eigenvalue weighted by Crippen LogP contribution is -2.34. The Labute approximate surface area is 191 Å². The molecule has 0 saturated carbocycles. The molecule has 0 aliphatic carbocycles. The Morgan fingerprint density at radius 2 is 1.88 bits per heavy atom. The Morgan fingerprint density at radius 3 is 2.52 bits per heavy atom. The first-order valence-corrected chi connectivity index (χ1v) is 11.7. The van der Waals surface area contributed by atoms with Gasteiger partial charge in [-0.25, -0.2) is 17.7 Å². The van der Waals surface area contributed by atoms with Crippen molar-refractivity contribution in [2.45, 2.75) is 30.8 Å². The standard InChI is InChI=1S/C23H24N4O5S/c1-16-6-8-17(9-7-16)19-13-20(21-5-4-12-32-21)27(24-19)23(29)15-26-14-18(10-11-22(26)28)33(30,31)25(2)3/h4-12,14,20H,13,15H2,1-3H3/t20-/m1/s1. The highest BCUT2D eigenvalue weighted by Gasteiger charge is 2.35. The molecule has 0 fully saturated rings. The van der Waals surface area contributed by atoms with Crippen molar-refractivity contribution in [3.8, 4) is 0 Å². The molecular formula is C23H24N4O5S. The normalized spacial score (nSPS) is 16.3. The van der Waals surface area contributed by atoms with Crippen LogP contribution in [0.2, 0.25) is 0 Å². The number of aromatic nitrogens is 1. The highest BCUT2D eigenvalue weighted by molar-refractivity contribution is 7.89. The lowest BCUT2D eigenvalue weighted by Gasteiger charge is -2.20. The number of rotatable bonds is 6. The first kappa shape index (κ1) is 22.7. The zero-order chi connectivity index (χ0) is 23.8. The second kappa shape index (κ2) is 8.80. The van der Waals surface area contributed by atoms with Gasteiger partial charge in [0.2, 0.25) is 10.0 Å². The van der Waals surface area contributed by atoms with Crippen LogP contribution >= 0.6 is 0 Å². The van der Waals surface area contributed by atoms with E-state index in [1.165, 1.54) is 37.6 Å². The molecule has 1 aromatic carbocycles. The van der Waals surface area contributed by atoms with Crippen molar-refractivity contribution in [3.63, 3.8) is 0 Å². The van der Waals surface area contributed by atoms with Crippen LogP contribution in [0.25, 0.3) is 0 Å². The molecule has 3 heterocycles. The molecule has 33 heavy (non-hydrogen) atoms. The van der Waals surface area contributed by atoms with Gasteiger partial charge in [0.1, 0.15) is 18.3 Å². The molecule has 172 valence electrons. The van der Waals surface area contributed by atoms with Gasteiger partial charge >= 0.3 is 0 Å². The van der Waals surface area contributed by atoms with Gasteiger partial charge < -0.3 is 8.98 Å². The summed E-state index contributed by atoms with van der Waals surface area (Å²) in [6, 6.07) is 13.3. The number of sulfonamides is 1. The van der Waals surface area contributed by atoms with Crippen molar-refractivity contribution in [2.75, 3.05) is 14.1 Å². The number of hydrazone groups is 1. The molecule has 0 saturated heterocycles. The number of nitrogens with zero attached hydrogens (tertiary/aromatic N) is 4. The van der Waals surface area contributed by atoms with Crippen molar-refractivity contribution >= 4 is 21.6 Å². The van der Waals surface area contributed by atoms with E-state index in [-0.39, 0.29) is 11.4 Å². The summed E-state index contributed by atoms with van der Waals surface area (Å²) in [4.78, 5) is 25.6. The van der Waals surface area contributed by atoms with Crippen LogP contribution in [0.3, 0.4) is 0 Å². The van der Waals surface area contributed by atoms with E-state index in [0.29, 0.717) is 12.2 Å². The molecule has 10 heteroatoms. The Hall–Kier alpha value is -3.50. The topological polar surface area (TPSA) is 105 Å². The van der Waals surface area contributed by atoms with Gasteiger partial charge in [-0.15, -0.1) is 0 Å². The van der Waals surface area contributed by atoms with Crippen LogP contribution in [0.5, 0.6) is 0 Å². The Bertz CT molecular complexity index is 1360. The SMILES string of the molecule is Cc1ccc(C2=NN(C(=O)Cn3cc(S(=O)(=O)N(C)C)ccc3=O)[C@@H](c3ccco3)C2)cc1. The highest BCUT2D eigenvalue weighted by Crippen LogP contribution is 2.33. The quantitative estimate of drug-likeness (QED) is 0.552. The Balaban J connectivity index is 1.66. The minimum absolute atomic E-state index is 0.0762. The Kier molecular flexibility index (Phi) is 6.05. The maximum atomic E-state index is 13.3. The highest BCUT2D eigenvalue weighted by atomic mass is 32.2. The summed E-state index contributed by atoms with van der Waals surface area (Å²) in [5.74, 6) is 0.116. The monoisotopic (exact) mass is 468 g/mol. The van der Waals surface area contributed by atoms with Crippen LogP contribution in [0.4, 0.5) is 0 Å². The molecule has 0 N–H and O–H groups in total. The van der Waals surface area contributed by atoms with Gasteiger partial charge in [0.05, 0.1) is 16.9 Å². The van der Waals surface area contributed by atoms with E-state index < -0.39 is 27.5 Å². The third-order valence-corrected chi connectivity index (χ3v) is 7.26. The number of hydrogen-bond acceptors (Lipinski definition) is 6. The number of carbonyl (C=O) groups excluding carboxylic acids is 1. The zero-order valence-corrected chi connectivity index (χ0v) is 19.3. The lowest BCUT2D eigenvalue weighted by atomic mass is 10.0. The first-order chi connectivity index (χ1) is 15.7. The van der Waals surface area contributed by atoms with E-state index in [1.54, 1.807) is 12.1 Å².